The van der Waals surface area contributed by atoms with E-state index in [0.717, 1.165) is 5.56 Å². The largest absolute Gasteiger partial charge is 0.481 e. The molecule has 1 aromatic carbocycles. The summed E-state index contributed by atoms with van der Waals surface area (Å²) in [6.45, 7) is -1.54. The number of aliphatic hydroxyl groups excluding tert-OH is 1. The minimum atomic E-state index is -3.12. The van der Waals surface area contributed by atoms with Gasteiger partial charge in [0.25, 0.3) is 5.92 Å². The predicted molar refractivity (Wildman–Crippen MR) is 61.5 cm³/mol. The Morgan fingerprint density at radius 3 is 2.28 bits per heavy atom. The highest BCUT2D eigenvalue weighted by Gasteiger charge is 2.26. The molecule has 0 aromatic heterocycles. The van der Waals surface area contributed by atoms with Crippen LogP contribution in [0.4, 0.5) is 8.78 Å². The Hall–Kier alpha value is -1.53. The Kier molecular flexibility index (Phi) is 5.18. The Balaban J connectivity index is 2.42. The van der Waals surface area contributed by atoms with Gasteiger partial charge in [-0.05, 0) is 11.1 Å². The van der Waals surface area contributed by atoms with Crippen LogP contribution in [0.2, 0.25) is 0 Å². The van der Waals surface area contributed by atoms with Crippen molar-refractivity contribution in [3.63, 3.8) is 0 Å². The van der Waals surface area contributed by atoms with Crippen molar-refractivity contribution in [2.75, 3.05) is 13.2 Å². The maximum Gasteiger partial charge on any atom is 0.307 e. The van der Waals surface area contributed by atoms with Gasteiger partial charge in [-0.1, -0.05) is 24.3 Å². The number of hydrogen-bond donors (Lipinski definition) is 3. The summed E-state index contributed by atoms with van der Waals surface area (Å²) in [5, 5.41) is 19.5. The first-order valence-corrected chi connectivity index (χ1v) is 5.42. The number of carbonyl (C=O) groups is 1. The lowest BCUT2D eigenvalue weighted by atomic mass is 10.1. The maximum absolute atomic E-state index is 12.7. The number of nitrogens with one attached hydrogen (secondary N) is 1. The van der Waals surface area contributed by atoms with E-state index in [2.05, 4.69) is 5.32 Å². The van der Waals surface area contributed by atoms with Gasteiger partial charge in [0.1, 0.15) is 6.61 Å². The molecule has 0 unspecified atom stereocenters. The third kappa shape index (κ3) is 5.20. The number of benzene rings is 1. The van der Waals surface area contributed by atoms with Gasteiger partial charge in [-0.15, -0.1) is 0 Å². The van der Waals surface area contributed by atoms with Gasteiger partial charge in [0.15, 0.2) is 0 Å². The summed E-state index contributed by atoms with van der Waals surface area (Å²) >= 11 is 0. The molecule has 0 saturated carbocycles. The zero-order chi connectivity index (χ0) is 13.6. The molecule has 0 aliphatic carbocycles. The number of rotatable bonds is 7. The molecule has 3 N–H and O–H groups in total. The van der Waals surface area contributed by atoms with Gasteiger partial charge in [-0.3, -0.25) is 4.79 Å². The Bertz CT molecular complexity index is 393. The topological polar surface area (TPSA) is 69.6 Å². The fraction of sp³-hybridized carbons (Fsp3) is 0.417. The van der Waals surface area contributed by atoms with E-state index < -0.39 is 25.0 Å². The Morgan fingerprint density at radius 2 is 1.78 bits per heavy atom. The number of alkyl halides is 2. The average Bonchev–Trinajstić information content (AvgIpc) is 2.30. The van der Waals surface area contributed by atoms with E-state index >= 15 is 0 Å². The lowest BCUT2D eigenvalue weighted by Crippen LogP contribution is -2.35. The molecule has 18 heavy (non-hydrogen) atoms. The molecule has 0 radical (unpaired) electrons. The number of hydrogen-bond acceptors (Lipinski definition) is 3. The molecule has 0 saturated heterocycles. The van der Waals surface area contributed by atoms with Crippen LogP contribution in [0.3, 0.4) is 0 Å². The van der Waals surface area contributed by atoms with Crippen molar-refractivity contribution >= 4 is 5.97 Å². The van der Waals surface area contributed by atoms with Gasteiger partial charge < -0.3 is 15.5 Å². The van der Waals surface area contributed by atoms with Crippen LogP contribution in [0.15, 0.2) is 24.3 Å². The van der Waals surface area contributed by atoms with Gasteiger partial charge in [-0.2, -0.15) is 0 Å². The lowest BCUT2D eigenvalue weighted by molar-refractivity contribution is -0.136. The van der Waals surface area contributed by atoms with Gasteiger partial charge in [0, 0.05) is 6.54 Å². The van der Waals surface area contributed by atoms with Gasteiger partial charge in [0.2, 0.25) is 0 Å². The number of aliphatic hydroxyl groups is 1. The number of aliphatic carboxylic acids is 1. The summed E-state index contributed by atoms with van der Waals surface area (Å²) in [7, 11) is 0. The van der Waals surface area contributed by atoms with Crippen molar-refractivity contribution in [1.82, 2.24) is 5.32 Å². The molecule has 4 nitrogen and oxygen atoms in total. The minimum absolute atomic E-state index is 0.0592. The van der Waals surface area contributed by atoms with E-state index in [1.807, 2.05) is 0 Å². The molecule has 100 valence electrons. The van der Waals surface area contributed by atoms with Crippen LogP contribution >= 0.6 is 0 Å². The van der Waals surface area contributed by atoms with Crippen LogP contribution in [-0.2, 0) is 17.8 Å². The Labute approximate surface area is 103 Å². The summed E-state index contributed by atoms with van der Waals surface area (Å²) in [6.07, 6.45) is -0.0592. The zero-order valence-corrected chi connectivity index (χ0v) is 9.70. The van der Waals surface area contributed by atoms with Gasteiger partial charge in [0.05, 0.1) is 13.0 Å². The van der Waals surface area contributed by atoms with Crippen molar-refractivity contribution in [1.29, 1.82) is 0 Å². The zero-order valence-electron chi connectivity index (χ0n) is 9.70. The maximum atomic E-state index is 12.7. The quantitative estimate of drug-likeness (QED) is 0.684. The summed E-state index contributed by atoms with van der Waals surface area (Å²) in [6, 6.07) is 6.66. The fourth-order valence-electron chi connectivity index (χ4n) is 1.40. The van der Waals surface area contributed by atoms with Crippen LogP contribution < -0.4 is 5.32 Å². The first kappa shape index (κ1) is 14.5. The molecule has 0 heterocycles. The summed E-state index contributed by atoms with van der Waals surface area (Å²) in [4.78, 5) is 10.4. The van der Waals surface area contributed by atoms with Gasteiger partial charge >= 0.3 is 5.97 Å². The first-order chi connectivity index (χ1) is 8.43. The van der Waals surface area contributed by atoms with Crippen molar-refractivity contribution in [3.05, 3.63) is 35.4 Å². The SMILES string of the molecule is O=C(O)Cc1ccc(CNCC(F)(F)CO)cc1. The molecule has 1 rings (SSSR count). The average molecular weight is 259 g/mol. The fourth-order valence-corrected chi connectivity index (χ4v) is 1.40. The number of carboxylic acids is 1. The van der Waals surface area contributed by atoms with Crippen molar-refractivity contribution in [3.8, 4) is 0 Å². The molecule has 0 fully saturated rings. The third-order valence-electron chi connectivity index (χ3n) is 2.32. The first-order valence-electron chi connectivity index (χ1n) is 5.42. The highest BCUT2D eigenvalue weighted by atomic mass is 19.3. The highest BCUT2D eigenvalue weighted by Crippen LogP contribution is 2.10. The van der Waals surface area contributed by atoms with Gasteiger partial charge in [-0.25, -0.2) is 8.78 Å². The molecule has 0 spiro atoms. The molecule has 0 atom stereocenters. The monoisotopic (exact) mass is 259 g/mol. The molecule has 0 amide bonds. The smallest absolute Gasteiger partial charge is 0.307 e. The highest BCUT2D eigenvalue weighted by molar-refractivity contribution is 5.70. The Morgan fingerprint density at radius 1 is 1.22 bits per heavy atom. The summed E-state index contributed by atoms with van der Waals surface area (Å²) < 4.78 is 25.4. The van der Waals surface area contributed by atoms with E-state index in [9.17, 15) is 13.6 Å². The van der Waals surface area contributed by atoms with E-state index in [-0.39, 0.29) is 13.0 Å². The number of halogens is 2. The summed E-state index contributed by atoms with van der Waals surface area (Å²) in [5.74, 6) is -4.04. The number of carboxylic acid groups (broad SMARTS) is 1. The van der Waals surface area contributed by atoms with Crippen LogP contribution in [0, 0.1) is 0 Å². The minimum Gasteiger partial charge on any atom is -0.481 e. The van der Waals surface area contributed by atoms with Crippen LogP contribution in [-0.4, -0.2) is 35.3 Å². The molecule has 6 heteroatoms. The van der Waals surface area contributed by atoms with Crippen LogP contribution in [0.25, 0.3) is 0 Å². The second kappa shape index (κ2) is 6.42. The second-order valence-electron chi connectivity index (χ2n) is 4.00. The molecule has 0 aliphatic rings. The third-order valence-corrected chi connectivity index (χ3v) is 2.32. The predicted octanol–water partition coefficient (Wildman–Crippen LogP) is 1.03. The molecule has 0 aliphatic heterocycles. The van der Waals surface area contributed by atoms with Crippen LogP contribution in [0.1, 0.15) is 11.1 Å². The van der Waals surface area contributed by atoms with E-state index in [1.54, 1.807) is 24.3 Å². The second-order valence-corrected chi connectivity index (χ2v) is 4.00. The van der Waals surface area contributed by atoms with Crippen molar-refractivity contribution < 1.29 is 23.8 Å². The van der Waals surface area contributed by atoms with Crippen LogP contribution in [0.5, 0.6) is 0 Å². The van der Waals surface area contributed by atoms with E-state index in [0.29, 0.717) is 5.56 Å². The molecular formula is C12H15F2NO3. The van der Waals surface area contributed by atoms with Crippen molar-refractivity contribution in [2.24, 2.45) is 0 Å². The normalized spacial score (nSPS) is 11.5. The van der Waals surface area contributed by atoms with Crippen molar-refractivity contribution in [2.45, 2.75) is 18.9 Å². The lowest BCUT2D eigenvalue weighted by Gasteiger charge is -2.13. The molecule has 1 aromatic rings. The molecule has 0 bridgehead atoms. The summed E-state index contributed by atoms with van der Waals surface area (Å²) in [5.41, 5.74) is 1.44. The standard InChI is InChI=1S/C12H15F2NO3/c13-12(14,8-16)7-15-6-10-3-1-9(2-4-10)5-11(17)18/h1-4,15-16H,5-8H2,(H,17,18). The van der Waals surface area contributed by atoms with E-state index in [4.69, 9.17) is 10.2 Å². The van der Waals surface area contributed by atoms with E-state index in [1.165, 1.54) is 0 Å². The molecular weight excluding hydrogens is 244 g/mol.